The number of benzene rings is 1. The van der Waals surface area contributed by atoms with Gasteiger partial charge in [-0.15, -0.1) is 0 Å². The topological polar surface area (TPSA) is 47.7 Å². The predicted octanol–water partition coefficient (Wildman–Crippen LogP) is 1.95. The molecule has 0 heterocycles. The number of anilines is 1. The minimum atomic E-state index is -0.399. The number of hydrogen-bond acceptors (Lipinski definition) is 4. The average molecular weight is 300 g/mol. The zero-order valence-corrected chi connectivity index (χ0v) is 12.7. The Labute approximate surface area is 124 Å². The van der Waals surface area contributed by atoms with E-state index in [1.54, 1.807) is 20.3 Å². The van der Waals surface area contributed by atoms with Crippen LogP contribution in [0, 0.1) is 5.82 Å². The Hall–Kier alpha value is -1.24. The second kappa shape index (κ2) is 8.84. The lowest BCUT2D eigenvalue weighted by atomic mass is 10.1. The molecule has 1 aromatic rings. The molecule has 0 aliphatic carbocycles. The molecule has 1 rings (SSSR count). The van der Waals surface area contributed by atoms with E-state index in [4.69, 9.17) is 27.4 Å². The second-order valence-electron chi connectivity index (χ2n) is 4.32. The third-order valence-corrected chi connectivity index (χ3v) is 3.12. The van der Waals surface area contributed by atoms with Gasteiger partial charge < -0.3 is 20.1 Å². The van der Waals surface area contributed by atoms with Gasteiger partial charge in [-0.05, 0) is 18.6 Å². The predicted molar refractivity (Wildman–Crippen MR) is 82.9 cm³/mol. The molecule has 0 unspecified atom stereocenters. The standard InChI is InChI=1S/C14H21FN2O2S/c1-18-9-4-7-17(8-10-19-2)12-6-3-5-11(15)13(12)14(16)20/h3,5-6H,4,7-10H2,1-2H3,(H2,16,20). The van der Waals surface area contributed by atoms with Crippen LogP contribution in [0.3, 0.4) is 0 Å². The summed E-state index contributed by atoms with van der Waals surface area (Å²) >= 11 is 4.96. The number of hydrogen-bond donors (Lipinski definition) is 1. The molecule has 0 saturated carbocycles. The van der Waals surface area contributed by atoms with Crippen molar-refractivity contribution in [3.63, 3.8) is 0 Å². The first-order valence-corrected chi connectivity index (χ1v) is 6.83. The summed E-state index contributed by atoms with van der Waals surface area (Å²) in [5, 5.41) is 0. The Bertz CT molecular complexity index is 443. The summed E-state index contributed by atoms with van der Waals surface area (Å²) in [4.78, 5) is 2.08. The van der Waals surface area contributed by atoms with Crippen LogP contribution in [-0.2, 0) is 9.47 Å². The monoisotopic (exact) mass is 300 g/mol. The van der Waals surface area contributed by atoms with Gasteiger partial charge in [0.25, 0.3) is 0 Å². The maximum Gasteiger partial charge on any atom is 0.135 e. The van der Waals surface area contributed by atoms with Crippen LogP contribution in [0.25, 0.3) is 0 Å². The van der Waals surface area contributed by atoms with E-state index in [9.17, 15) is 4.39 Å². The van der Waals surface area contributed by atoms with Crippen molar-refractivity contribution in [3.05, 3.63) is 29.6 Å². The normalized spacial score (nSPS) is 10.6. The summed E-state index contributed by atoms with van der Waals surface area (Å²) in [5.74, 6) is -0.399. The molecule has 1 aromatic carbocycles. The summed E-state index contributed by atoms with van der Waals surface area (Å²) in [6.45, 7) is 2.54. The summed E-state index contributed by atoms with van der Waals surface area (Å²) < 4.78 is 24.1. The van der Waals surface area contributed by atoms with Crippen molar-refractivity contribution in [1.82, 2.24) is 0 Å². The largest absolute Gasteiger partial charge is 0.389 e. The van der Waals surface area contributed by atoms with E-state index in [0.717, 1.165) is 13.0 Å². The molecular formula is C14H21FN2O2S. The highest BCUT2D eigenvalue weighted by Crippen LogP contribution is 2.23. The number of rotatable bonds is 9. The van der Waals surface area contributed by atoms with Crippen LogP contribution in [0.1, 0.15) is 12.0 Å². The Kier molecular flexibility index (Phi) is 7.43. The first-order chi connectivity index (χ1) is 9.61. The number of nitrogens with zero attached hydrogens (tertiary/aromatic N) is 1. The minimum absolute atomic E-state index is 0.0623. The molecular weight excluding hydrogens is 279 g/mol. The quantitative estimate of drug-likeness (QED) is 0.558. The Morgan fingerprint density at radius 1 is 1.25 bits per heavy atom. The van der Waals surface area contributed by atoms with E-state index < -0.39 is 5.82 Å². The van der Waals surface area contributed by atoms with E-state index in [1.165, 1.54) is 6.07 Å². The first-order valence-electron chi connectivity index (χ1n) is 6.43. The molecule has 6 heteroatoms. The van der Waals surface area contributed by atoms with E-state index in [0.29, 0.717) is 25.4 Å². The average Bonchev–Trinajstić information content (AvgIpc) is 2.42. The molecule has 4 nitrogen and oxygen atoms in total. The van der Waals surface area contributed by atoms with Crippen molar-refractivity contribution in [3.8, 4) is 0 Å². The molecule has 0 aliphatic heterocycles. The molecule has 0 spiro atoms. The molecule has 0 saturated heterocycles. The van der Waals surface area contributed by atoms with Gasteiger partial charge in [-0.2, -0.15) is 0 Å². The zero-order chi connectivity index (χ0) is 15.0. The fourth-order valence-corrected chi connectivity index (χ4v) is 2.18. The summed E-state index contributed by atoms with van der Waals surface area (Å²) in [6, 6.07) is 4.84. The van der Waals surface area contributed by atoms with E-state index >= 15 is 0 Å². The van der Waals surface area contributed by atoms with Gasteiger partial charge in [0.1, 0.15) is 10.8 Å². The smallest absolute Gasteiger partial charge is 0.135 e. The Balaban J connectivity index is 2.99. The van der Waals surface area contributed by atoms with Crippen molar-refractivity contribution >= 4 is 22.9 Å². The molecule has 0 amide bonds. The highest BCUT2D eigenvalue weighted by atomic mass is 32.1. The summed E-state index contributed by atoms with van der Waals surface area (Å²) in [7, 11) is 3.29. The van der Waals surface area contributed by atoms with Crippen molar-refractivity contribution in [2.75, 3.05) is 45.4 Å². The van der Waals surface area contributed by atoms with Crippen molar-refractivity contribution in [1.29, 1.82) is 0 Å². The first kappa shape index (κ1) is 16.8. The highest BCUT2D eigenvalue weighted by molar-refractivity contribution is 7.80. The van der Waals surface area contributed by atoms with Crippen LogP contribution in [0.5, 0.6) is 0 Å². The van der Waals surface area contributed by atoms with Gasteiger partial charge in [-0.1, -0.05) is 18.3 Å². The van der Waals surface area contributed by atoms with Gasteiger partial charge in [0.2, 0.25) is 0 Å². The van der Waals surface area contributed by atoms with Gasteiger partial charge in [-0.25, -0.2) is 4.39 Å². The second-order valence-corrected chi connectivity index (χ2v) is 4.76. The molecule has 20 heavy (non-hydrogen) atoms. The lowest BCUT2D eigenvalue weighted by molar-refractivity contribution is 0.191. The minimum Gasteiger partial charge on any atom is -0.389 e. The summed E-state index contributed by atoms with van der Waals surface area (Å²) in [5.41, 5.74) is 6.63. The highest BCUT2D eigenvalue weighted by Gasteiger charge is 2.16. The fraction of sp³-hybridized carbons (Fsp3) is 0.500. The van der Waals surface area contributed by atoms with Crippen LogP contribution < -0.4 is 10.6 Å². The van der Waals surface area contributed by atoms with Crippen LogP contribution in [-0.4, -0.2) is 45.5 Å². The van der Waals surface area contributed by atoms with Crippen molar-refractivity contribution in [2.45, 2.75) is 6.42 Å². The maximum atomic E-state index is 13.9. The van der Waals surface area contributed by atoms with Gasteiger partial charge in [0.15, 0.2) is 0 Å². The Morgan fingerprint density at radius 3 is 2.55 bits per heavy atom. The summed E-state index contributed by atoms with van der Waals surface area (Å²) in [6.07, 6.45) is 0.827. The van der Waals surface area contributed by atoms with Crippen LogP contribution in [0.2, 0.25) is 0 Å². The van der Waals surface area contributed by atoms with E-state index in [2.05, 4.69) is 0 Å². The molecule has 0 fully saturated rings. The third kappa shape index (κ3) is 4.70. The molecule has 0 aromatic heterocycles. The molecule has 0 radical (unpaired) electrons. The number of nitrogens with two attached hydrogens (primary N) is 1. The van der Waals surface area contributed by atoms with Crippen LogP contribution >= 0.6 is 12.2 Å². The van der Waals surface area contributed by atoms with Crippen LogP contribution in [0.4, 0.5) is 10.1 Å². The number of ether oxygens (including phenoxy) is 2. The van der Waals surface area contributed by atoms with E-state index in [-0.39, 0.29) is 10.6 Å². The van der Waals surface area contributed by atoms with Gasteiger partial charge in [0, 0.05) is 39.6 Å². The SMILES string of the molecule is COCCCN(CCOC)c1cccc(F)c1C(N)=S. The lowest BCUT2D eigenvalue weighted by Crippen LogP contribution is -2.31. The van der Waals surface area contributed by atoms with Gasteiger partial charge >= 0.3 is 0 Å². The van der Waals surface area contributed by atoms with Crippen molar-refractivity contribution < 1.29 is 13.9 Å². The number of thiocarbonyl (C=S) groups is 1. The van der Waals surface area contributed by atoms with E-state index in [1.807, 2.05) is 11.0 Å². The van der Waals surface area contributed by atoms with Crippen molar-refractivity contribution in [2.24, 2.45) is 5.73 Å². The third-order valence-electron chi connectivity index (χ3n) is 2.92. The fourth-order valence-electron chi connectivity index (χ4n) is 1.97. The Morgan fingerprint density at radius 2 is 1.95 bits per heavy atom. The molecule has 0 aliphatic rings. The number of halogens is 1. The van der Waals surface area contributed by atoms with Gasteiger partial charge in [-0.3, -0.25) is 0 Å². The maximum absolute atomic E-state index is 13.9. The number of methoxy groups -OCH3 is 2. The molecule has 2 N–H and O–H groups in total. The van der Waals surface area contributed by atoms with Gasteiger partial charge in [0.05, 0.1) is 12.2 Å². The zero-order valence-electron chi connectivity index (χ0n) is 11.9. The lowest BCUT2D eigenvalue weighted by Gasteiger charge is -2.26. The van der Waals surface area contributed by atoms with Crippen LogP contribution in [0.15, 0.2) is 18.2 Å². The molecule has 112 valence electrons. The molecule has 0 atom stereocenters. The molecule has 0 bridgehead atoms.